The number of nitrogens with zero attached hydrogens (tertiary/aromatic N) is 4. The molecule has 10 nitrogen and oxygen atoms in total. The fraction of sp³-hybridized carbons (Fsp3) is 0.278. The number of ether oxygens (including phenoxy) is 2. The molecule has 12 heteroatoms. The van der Waals surface area contributed by atoms with Gasteiger partial charge in [-0.2, -0.15) is 0 Å². The average molecular weight is 478 g/mol. The van der Waals surface area contributed by atoms with Crippen LogP contribution in [0, 0.1) is 0 Å². The van der Waals surface area contributed by atoms with E-state index >= 15 is 0 Å². The molecule has 1 fully saturated rings. The van der Waals surface area contributed by atoms with Crippen LogP contribution in [0.5, 0.6) is 5.75 Å². The van der Waals surface area contributed by atoms with Crippen molar-refractivity contribution in [2.75, 3.05) is 18.1 Å². The van der Waals surface area contributed by atoms with E-state index in [1.54, 1.807) is 24.4 Å². The highest BCUT2D eigenvalue weighted by Crippen LogP contribution is 2.37. The number of anilines is 2. The van der Waals surface area contributed by atoms with Crippen molar-refractivity contribution in [3.63, 3.8) is 0 Å². The summed E-state index contributed by atoms with van der Waals surface area (Å²) in [5, 5.41) is 10.9. The van der Waals surface area contributed by atoms with Crippen LogP contribution in [0.2, 0.25) is 0 Å². The maximum absolute atomic E-state index is 14.9. The molecule has 0 radical (unpaired) electrons. The Labute approximate surface area is 177 Å². The largest absolute Gasteiger partial charge is 0.491 e. The summed E-state index contributed by atoms with van der Waals surface area (Å²) in [5.41, 5.74) is 13.4. The van der Waals surface area contributed by atoms with E-state index in [-0.39, 0.29) is 12.4 Å². The Bertz CT molecular complexity index is 1250. The Morgan fingerprint density at radius 3 is 3.00 bits per heavy atom. The van der Waals surface area contributed by atoms with Crippen molar-refractivity contribution in [1.29, 1.82) is 0 Å². The molecule has 1 aromatic carbocycles. The van der Waals surface area contributed by atoms with Gasteiger partial charge in [0, 0.05) is 16.7 Å². The summed E-state index contributed by atoms with van der Waals surface area (Å²) in [6.45, 7) is -0.0509. The third-order valence-corrected chi connectivity index (χ3v) is 5.65. The Hall–Kier alpha value is -2.96. The minimum atomic E-state index is -1.69. The first kappa shape index (κ1) is 19.0. The van der Waals surface area contributed by atoms with E-state index in [0.717, 1.165) is 0 Å². The minimum Gasteiger partial charge on any atom is -0.491 e. The third kappa shape index (κ3) is 3.04. The van der Waals surface area contributed by atoms with Gasteiger partial charge in [0.2, 0.25) is 0 Å². The monoisotopic (exact) mass is 477 g/mol. The lowest BCUT2D eigenvalue weighted by atomic mass is 10.1. The quantitative estimate of drug-likeness (QED) is 0.348. The molecule has 0 saturated carbocycles. The first-order chi connectivity index (χ1) is 14.4. The van der Waals surface area contributed by atoms with Crippen molar-refractivity contribution in [3.05, 3.63) is 35.2 Å². The zero-order valence-corrected chi connectivity index (χ0v) is 17.0. The molecule has 4 atom stereocenters. The SMILES string of the molecule is Nc1nc2ccc(OC[C@H]3O[C@@H](n4cc(Br)c5c(N)ncnc54)[C@@H](F)[C@@H]3O)cc2[nH]1. The number of imidazole rings is 1. The first-order valence-electron chi connectivity index (χ1n) is 9.04. The van der Waals surface area contributed by atoms with Crippen LogP contribution in [0.4, 0.5) is 16.2 Å². The van der Waals surface area contributed by atoms with Gasteiger partial charge in [0.1, 0.15) is 42.4 Å². The summed E-state index contributed by atoms with van der Waals surface area (Å²) in [5.74, 6) is 1.07. The van der Waals surface area contributed by atoms with Gasteiger partial charge in [0.25, 0.3) is 0 Å². The maximum Gasteiger partial charge on any atom is 0.198 e. The second kappa shape index (κ2) is 7.07. The predicted octanol–water partition coefficient (Wildman–Crippen LogP) is 1.91. The van der Waals surface area contributed by atoms with Crippen LogP contribution in [0.25, 0.3) is 22.1 Å². The van der Waals surface area contributed by atoms with Crippen LogP contribution in [-0.2, 0) is 4.74 Å². The normalized spacial score (nSPS) is 24.1. The molecular formula is C18H17BrFN7O3. The molecule has 6 N–H and O–H groups in total. The van der Waals surface area contributed by atoms with Crippen molar-refractivity contribution in [2.45, 2.75) is 24.6 Å². The zero-order valence-electron chi connectivity index (χ0n) is 15.4. The number of aliphatic hydroxyl groups excluding tert-OH is 1. The number of aliphatic hydroxyl groups is 1. The highest BCUT2D eigenvalue weighted by molar-refractivity contribution is 9.10. The van der Waals surface area contributed by atoms with Gasteiger partial charge in [-0.05, 0) is 28.1 Å². The number of alkyl halides is 1. The topological polar surface area (TPSA) is 150 Å². The van der Waals surface area contributed by atoms with Gasteiger partial charge in [0.05, 0.1) is 16.4 Å². The second-order valence-corrected chi connectivity index (χ2v) is 7.81. The molecule has 0 aliphatic carbocycles. The summed E-state index contributed by atoms with van der Waals surface area (Å²) < 4.78 is 28.5. The van der Waals surface area contributed by atoms with E-state index in [0.29, 0.717) is 38.2 Å². The number of nitrogens with one attached hydrogen (secondary N) is 1. The zero-order chi connectivity index (χ0) is 21.0. The standard InChI is InChI=1S/C18H17BrFN7O3/c19-8-4-27(16-12(8)15(21)23-6-24-16)17-13(20)14(28)11(30-17)5-29-7-1-2-9-10(3-7)26-18(22)25-9/h1-4,6,11,13-14,17,28H,5H2,(H2,21,23,24)(H3,22,25,26)/t11-,13+,14-,17-/m1/s1. The van der Waals surface area contributed by atoms with Gasteiger partial charge >= 0.3 is 0 Å². The van der Waals surface area contributed by atoms with E-state index in [1.807, 2.05) is 0 Å². The molecule has 1 aliphatic heterocycles. The van der Waals surface area contributed by atoms with Gasteiger partial charge in [-0.15, -0.1) is 0 Å². The Kier molecular flexibility index (Phi) is 4.49. The average Bonchev–Trinajstić information content (AvgIpc) is 3.34. The summed E-state index contributed by atoms with van der Waals surface area (Å²) in [6.07, 6.45) is -2.14. The Balaban J connectivity index is 1.36. The number of aromatic amines is 1. The molecule has 156 valence electrons. The smallest absolute Gasteiger partial charge is 0.198 e. The number of rotatable bonds is 4. The number of fused-ring (bicyclic) bond motifs is 2. The van der Waals surface area contributed by atoms with E-state index in [1.165, 1.54) is 10.9 Å². The first-order valence-corrected chi connectivity index (χ1v) is 9.84. The predicted molar refractivity (Wildman–Crippen MR) is 110 cm³/mol. The van der Waals surface area contributed by atoms with E-state index in [4.69, 9.17) is 20.9 Å². The lowest BCUT2D eigenvalue weighted by molar-refractivity contribution is -0.0410. The molecule has 0 amide bonds. The second-order valence-electron chi connectivity index (χ2n) is 6.95. The number of aromatic nitrogens is 5. The fourth-order valence-corrected chi connectivity index (χ4v) is 4.20. The number of nitrogen functional groups attached to an aromatic ring is 2. The molecule has 4 aromatic rings. The molecule has 5 rings (SSSR count). The van der Waals surface area contributed by atoms with Gasteiger partial charge in [-0.1, -0.05) is 0 Å². The molecule has 0 unspecified atom stereocenters. The van der Waals surface area contributed by atoms with E-state index in [9.17, 15) is 9.50 Å². The maximum atomic E-state index is 14.9. The summed E-state index contributed by atoms with van der Waals surface area (Å²) in [7, 11) is 0. The number of hydrogen-bond donors (Lipinski definition) is 4. The fourth-order valence-electron chi connectivity index (χ4n) is 3.60. The lowest BCUT2D eigenvalue weighted by Gasteiger charge is -2.16. The van der Waals surface area contributed by atoms with Crippen LogP contribution in [0.1, 0.15) is 6.23 Å². The van der Waals surface area contributed by atoms with Crippen molar-refractivity contribution >= 4 is 49.8 Å². The molecule has 0 spiro atoms. The minimum absolute atomic E-state index is 0.0509. The number of halogens is 2. The highest BCUT2D eigenvalue weighted by Gasteiger charge is 2.46. The molecule has 3 aromatic heterocycles. The van der Waals surface area contributed by atoms with Crippen molar-refractivity contribution in [3.8, 4) is 5.75 Å². The molecule has 0 bridgehead atoms. The molecule has 4 heterocycles. The number of benzene rings is 1. The van der Waals surface area contributed by atoms with Crippen LogP contribution in [-0.4, -0.2) is 54.6 Å². The molecule has 30 heavy (non-hydrogen) atoms. The van der Waals surface area contributed by atoms with Crippen LogP contribution in [0.15, 0.2) is 35.2 Å². The summed E-state index contributed by atoms with van der Waals surface area (Å²) in [6, 6.07) is 5.18. The summed E-state index contributed by atoms with van der Waals surface area (Å²) >= 11 is 3.39. The molecular weight excluding hydrogens is 461 g/mol. The number of nitrogens with two attached hydrogens (primary N) is 2. The van der Waals surface area contributed by atoms with Gasteiger partial charge < -0.3 is 35.6 Å². The summed E-state index contributed by atoms with van der Waals surface area (Å²) in [4.78, 5) is 15.2. The number of hydrogen-bond acceptors (Lipinski definition) is 8. The molecule has 1 aliphatic rings. The van der Waals surface area contributed by atoms with E-state index < -0.39 is 24.6 Å². The lowest BCUT2D eigenvalue weighted by Crippen LogP contribution is -2.32. The van der Waals surface area contributed by atoms with Crippen molar-refractivity contribution in [1.82, 2.24) is 24.5 Å². The Morgan fingerprint density at radius 1 is 1.33 bits per heavy atom. The van der Waals surface area contributed by atoms with Crippen molar-refractivity contribution in [2.24, 2.45) is 0 Å². The van der Waals surface area contributed by atoms with Gasteiger partial charge in [-0.25, -0.2) is 19.3 Å². The highest BCUT2D eigenvalue weighted by atomic mass is 79.9. The van der Waals surface area contributed by atoms with Crippen LogP contribution < -0.4 is 16.2 Å². The van der Waals surface area contributed by atoms with Crippen LogP contribution >= 0.6 is 15.9 Å². The van der Waals surface area contributed by atoms with E-state index in [2.05, 4.69) is 35.9 Å². The molecule has 1 saturated heterocycles. The van der Waals surface area contributed by atoms with Gasteiger partial charge in [-0.3, -0.25) is 0 Å². The third-order valence-electron chi connectivity index (χ3n) is 5.05. The van der Waals surface area contributed by atoms with Gasteiger partial charge in [0.15, 0.2) is 18.3 Å². The van der Waals surface area contributed by atoms with Crippen LogP contribution in [0.3, 0.4) is 0 Å². The Morgan fingerprint density at radius 2 is 2.17 bits per heavy atom. The number of H-pyrrole nitrogens is 1. The van der Waals surface area contributed by atoms with Crippen molar-refractivity contribution < 1.29 is 19.0 Å².